The first kappa shape index (κ1) is 22.6. The number of amides is 1. The minimum absolute atomic E-state index is 0.0138. The van der Waals surface area contributed by atoms with E-state index in [1.54, 1.807) is 38.1 Å². The Hall–Kier alpha value is -3.07. The Labute approximate surface area is 181 Å². The van der Waals surface area contributed by atoms with Gasteiger partial charge in [-0.05, 0) is 44.2 Å². The van der Waals surface area contributed by atoms with Crippen LogP contribution in [0, 0.1) is 0 Å². The van der Waals surface area contributed by atoms with E-state index >= 15 is 0 Å². The molecule has 0 aliphatic rings. The zero-order valence-corrected chi connectivity index (χ0v) is 17.4. The Bertz CT molecular complexity index is 1050. The maximum Gasteiger partial charge on any atom is 0.416 e. The van der Waals surface area contributed by atoms with E-state index in [0.717, 1.165) is 12.1 Å². The summed E-state index contributed by atoms with van der Waals surface area (Å²) >= 11 is 6.13. The fraction of sp³-hybridized carbons (Fsp3) is 0.286. The van der Waals surface area contributed by atoms with Gasteiger partial charge in [-0.1, -0.05) is 29.8 Å². The average Bonchev–Trinajstić information content (AvgIpc) is 3.18. The summed E-state index contributed by atoms with van der Waals surface area (Å²) in [5.74, 6) is -0.0800. The van der Waals surface area contributed by atoms with Crippen molar-refractivity contribution in [2.24, 2.45) is 0 Å². The number of alkyl halides is 3. The monoisotopic (exact) mass is 453 g/mol. The van der Waals surface area contributed by atoms with Crippen LogP contribution in [-0.4, -0.2) is 33.7 Å². The van der Waals surface area contributed by atoms with Gasteiger partial charge in [0.2, 0.25) is 11.8 Å². The van der Waals surface area contributed by atoms with Crippen LogP contribution in [0.25, 0.3) is 11.5 Å². The minimum Gasteiger partial charge on any atom is -0.484 e. The molecular weight excluding hydrogens is 435 g/mol. The van der Waals surface area contributed by atoms with Crippen LogP contribution in [-0.2, 0) is 17.5 Å². The lowest BCUT2D eigenvalue weighted by molar-refractivity contribution is -0.137. The molecule has 0 spiro atoms. The van der Waals surface area contributed by atoms with Crippen LogP contribution >= 0.6 is 11.6 Å². The van der Waals surface area contributed by atoms with Gasteiger partial charge in [-0.15, -0.1) is 10.2 Å². The van der Waals surface area contributed by atoms with Crippen LogP contribution in [0.15, 0.2) is 52.9 Å². The zero-order valence-electron chi connectivity index (χ0n) is 16.7. The first-order valence-electron chi connectivity index (χ1n) is 9.32. The number of halogens is 4. The Balaban J connectivity index is 1.67. The fourth-order valence-corrected chi connectivity index (χ4v) is 2.97. The molecule has 0 radical (unpaired) electrons. The fourth-order valence-electron chi connectivity index (χ4n) is 2.76. The summed E-state index contributed by atoms with van der Waals surface area (Å²) in [6.45, 7) is 3.14. The van der Waals surface area contributed by atoms with Crippen molar-refractivity contribution < 1.29 is 27.1 Å². The molecule has 0 saturated carbocycles. The van der Waals surface area contributed by atoms with Crippen molar-refractivity contribution in [2.75, 3.05) is 6.61 Å². The maximum atomic E-state index is 12.8. The molecule has 0 fully saturated rings. The molecular formula is C21H19ClF3N3O3. The molecule has 0 saturated heterocycles. The molecule has 0 N–H and O–H groups in total. The lowest BCUT2D eigenvalue weighted by Gasteiger charge is -2.25. The molecule has 0 unspecified atom stereocenters. The molecule has 3 aromatic rings. The summed E-state index contributed by atoms with van der Waals surface area (Å²) in [7, 11) is 0. The first-order chi connectivity index (χ1) is 14.6. The van der Waals surface area contributed by atoms with Crippen LogP contribution in [0.3, 0.4) is 0 Å². The maximum absolute atomic E-state index is 12.8. The van der Waals surface area contributed by atoms with Crippen molar-refractivity contribution >= 4 is 17.5 Å². The van der Waals surface area contributed by atoms with E-state index in [1.807, 2.05) is 0 Å². The summed E-state index contributed by atoms with van der Waals surface area (Å²) in [5.41, 5.74) is -0.283. The lowest BCUT2D eigenvalue weighted by Crippen LogP contribution is -2.39. The number of carbonyl (C=O) groups excluding carboxylic acids is 1. The molecule has 0 atom stereocenters. The zero-order chi connectivity index (χ0) is 22.6. The standard InChI is InChI=1S/C21H19ClF3N3O3/c1-13(2)28(11-18-26-27-20(31-18)16-8-3-4-9-17(16)22)19(29)12-30-15-7-5-6-14(10-15)21(23,24)25/h3-10,13H,11-12H2,1-2H3. The second-order valence-corrected chi connectivity index (χ2v) is 7.32. The van der Waals surface area contributed by atoms with Crippen molar-refractivity contribution in [3.8, 4) is 17.2 Å². The van der Waals surface area contributed by atoms with Crippen LogP contribution in [0.2, 0.25) is 5.02 Å². The number of hydrogen-bond acceptors (Lipinski definition) is 5. The van der Waals surface area contributed by atoms with Crippen LogP contribution < -0.4 is 4.74 Å². The molecule has 164 valence electrons. The van der Waals surface area contributed by atoms with E-state index in [2.05, 4.69) is 10.2 Å². The van der Waals surface area contributed by atoms with Gasteiger partial charge in [0.25, 0.3) is 5.91 Å². The molecule has 0 bridgehead atoms. The van der Waals surface area contributed by atoms with Gasteiger partial charge in [0.15, 0.2) is 6.61 Å². The quantitative estimate of drug-likeness (QED) is 0.490. The van der Waals surface area contributed by atoms with Gasteiger partial charge in [0.1, 0.15) is 5.75 Å². The predicted octanol–water partition coefficient (Wildman–Crippen LogP) is 5.22. The third-order valence-corrected chi connectivity index (χ3v) is 4.67. The highest BCUT2D eigenvalue weighted by Gasteiger charge is 2.30. The molecule has 1 heterocycles. The topological polar surface area (TPSA) is 68.5 Å². The molecule has 1 aromatic heterocycles. The number of hydrogen-bond donors (Lipinski definition) is 0. The second-order valence-electron chi connectivity index (χ2n) is 6.91. The van der Waals surface area contributed by atoms with Crippen LogP contribution in [0.5, 0.6) is 5.75 Å². The number of rotatable bonds is 7. The van der Waals surface area contributed by atoms with Gasteiger partial charge in [0.05, 0.1) is 22.7 Å². The van der Waals surface area contributed by atoms with Gasteiger partial charge >= 0.3 is 6.18 Å². The first-order valence-corrected chi connectivity index (χ1v) is 9.69. The normalized spacial score (nSPS) is 11.6. The number of benzene rings is 2. The largest absolute Gasteiger partial charge is 0.484 e. The Morgan fingerprint density at radius 1 is 1.16 bits per heavy atom. The van der Waals surface area contributed by atoms with E-state index in [4.69, 9.17) is 20.8 Å². The third-order valence-electron chi connectivity index (χ3n) is 4.34. The van der Waals surface area contributed by atoms with Crippen molar-refractivity contribution in [2.45, 2.75) is 32.6 Å². The molecule has 10 heteroatoms. The summed E-state index contributed by atoms with van der Waals surface area (Å²) in [6.07, 6.45) is -4.50. The van der Waals surface area contributed by atoms with Gasteiger partial charge in [-0.25, -0.2) is 0 Å². The summed E-state index contributed by atoms with van der Waals surface area (Å²) in [6, 6.07) is 11.1. The van der Waals surface area contributed by atoms with E-state index in [9.17, 15) is 18.0 Å². The Morgan fingerprint density at radius 2 is 1.90 bits per heavy atom. The number of aromatic nitrogens is 2. The highest BCUT2D eigenvalue weighted by molar-refractivity contribution is 6.33. The smallest absolute Gasteiger partial charge is 0.416 e. The SMILES string of the molecule is CC(C)N(Cc1nnc(-c2ccccc2Cl)o1)C(=O)COc1cccc(C(F)(F)F)c1. The molecule has 0 aliphatic carbocycles. The number of nitrogens with zero attached hydrogens (tertiary/aromatic N) is 3. The van der Waals surface area contributed by atoms with Crippen molar-refractivity contribution in [1.82, 2.24) is 15.1 Å². The van der Waals surface area contributed by atoms with Gasteiger partial charge in [0, 0.05) is 6.04 Å². The molecule has 0 aliphatic heterocycles. The highest BCUT2D eigenvalue weighted by Crippen LogP contribution is 2.31. The van der Waals surface area contributed by atoms with Crippen molar-refractivity contribution in [3.05, 3.63) is 65.0 Å². The molecule has 2 aromatic carbocycles. The molecule has 31 heavy (non-hydrogen) atoms. The predicted molar refractivity (Wildman–Crippen MR) is 107 cm³/mol. The van der Waals surface area contributed by atoms with Crippen LogP contribution in [0.1, 0.15) is 25.3 Å². The lowest BCUT2D eigenvalue weighted by atomic mass is 10.2. The second kappa shape index (κ2) is 9.38. The van der Waals surface area contributed by atoms with Gasteiger partial charge in [-0.2, -0.15) is 13.2 Å². The molecule has 6 nitrogen and oxygen atoms in total. The molecule has 1 amide bonds. The van der Waals surface area contributed by atoms with Gasteiger partial charge < -0.3 is 14.1 Å². The van der Waals surface area contributed by atoms with Crippen molar-refractivity contribution in [3.63, 3.8) is 0 Å². The number of ether oxygens (including phenoxy) is 1. The van der Waals surface area contributed by atoms with E-state index < -0.39 is 24.3 Å². The number of carbonyl (C=O) groups is 1. The van der Waals surface area contributed by atoms with Gasteiger partial charge in [-0.3, -0.25) is 4.79 Å². The Kier molecular flexibility index (Phi) is 6.84. The summed E-state index contributed by atoms with van der Waals surface area (Å²) in [5, 5.41) is 8.38. The van der Waals surface area contributed by atoms with Crippen LogP contribution in [0.4, 0.5) is 13.2 Å². The highest BCUT2D eigenvalue weighted by atomic mass is 35.5. The molecule has 3 rings (SSSR count). The van der Waals surface area contributed by atoms with E-state index in [1.165, 1.54) is 17.0 Å². The minimum atomic E-state index is -4.50. The summed E-state index contributed by atoms with van der Waals surface area (Å²) < 4.78 is 49.4. The average molecular weight is 454 g/mol. The Morgan fingerprint density at radius 3 is 2.58 bits per heavy atom. The van der Waals surface area contributed by atoms with E-state index in [0.29, 0.717) is 10.6 Å². The summed E-state index contributed by atoms with van der Waals surface area (Å²) in [4.78, 5) is 14.1. The third kappa shape index (κ3) is 5.75. The van der Waals surface area contributed by atoms with E-state index in [-0.39, 0.29) is 30.1 Å². The van der Waals surface area contributed by atoms with Crippen molar-refractivity contribution in [1.29, 1.82) is 0 Å².